The molecule has 1 heterocycles. The van der Waals surface area contributed by atoms with Crippen LogP contribution in [0.15, 0.2) is 34.1 Å². The maximum absolute atomic E-state index is 4.57. The monoisotopic (exact) mass is 296 g/mol. The van der Waals surface area contributed by atoms with Gasteiger partial charge in [0, 0.05) is 22.8 Å². The normalized spacial score (nSPS) is 10.6. The molecule has 0 radical (unpaired) electrons. The van der Waals surface area contributed by atoms with Gasteiger partial charge < -0.3 is 5.32 Å². The summed E-state index contributed by atoms with van der Waals surface area (Å²) in [5, 5.41) is 6.39. The van der Waals surface area contributed by atoms with Gasteiger partial charge in [0.05, 0.1) is 10.7 Å². The number of nitrogens with one attached hydrogen (secondary N) is 1. The average molecular weight is 297 g/mol. The number of nitrogens with zero attached hydrogens (tertiary/aromatic N) is 1. The first-order chi connectivity index (χ1) is 7.79. The molecule has 0 aliphatic carbocycles. The minimum Gasteiger partial charge on any atom is -0.314 e. The minimum absolute atomic E-state index is 0.840. The van der Waals surface area contributed by atoms with E-state index in [1.165, 1.54) is 5.56 Å². The van der Waals surface area contributed by atoms with E-state index in [9.17, 15) is 0 Å². The second-order valence-corrected chi connectivity index (χ2v) is 5.33. The molecule has 0 atom stereocenters. The van der Waals surface area contributed by atoms with E-state index in [-0.39, 0.29) is 0 Å². The Morgan fingerprint density at radius 2 is 2.19 bits per heavy atom. The lowest BCUT2D eigenvalue weighted by Crippen LogP contribution is -2.05. The predicted molar refractivity (Wildman–Crippen MR) is 71.8 cm³/mol. The van der Waals surface area contributed by atoms with Gasteiger partial charge in [-0.25, -0.2) is 4.98 Å². The van der Waals surface area contributed by atoms with Gasteiger partial charge in [0.2, 0.25) is 0 Å². The highest BCUT2D eigenvalue weighted by molar-refractivity contribution is 9.10. The van der Waals surface area contributed by atoms with Crippen LogP contribution in [0.1, 0.15) is 16.3 Å². The van der Waals surface area contributed by atoms with Gasteiger partial charge in [-0.2, -0.15) is 0 Å². The van der Waals surface area contributed by atoms with Crippen LogP contribution < -0.4 is 5.32 Å². The molecular formula is C12H13BrN2S. The number of aromatic nitrogens is 1. The topological polar surface area (TPSA) is 24.9 Å². The van der Waals surface area contributed by atoms with E-state index in [0.717, 1.165) is 28.1 Å². The third kappa shape index (κ3) is 2.90. The van der Waals surface area contributed by atoms with Crippen LogP contribution in [0.2, 0.25) is 0 Å². The third-order valence-corrected chi connectivity index (χ3v) is 3.93. The number of hydrogen-bond donors (Lipinski definition) is 1. The van der Waals surface area contributed by atoms with Crippen molar-refractivity contribution in [1.82, 2.24) is 10.3 Å². The largest absolute Gasteiger partial charge is 0.314 e. The molecule has 2 nitrogen and oxygen atoms in total. The van der Waals surface area contributed by atoms with Gasteiger partial charge in [-0.1, -0.05) is 34.1 Å². The Balaban J connectivity index is 2.11. The molecule has 2 aromatic rings. The van der Waals surface area contributed by atoms with Gasteiger partial charge in [0.15, 0.2) is 0 Å². The van der Waals surface area contributed by atoms with Gasteiger partial charge in [0.1, 0.15) is 0 Å². The summed E-state index contributed by atoms with van der Waals surface area (Å²) in [6, 6.07) is 8.28. The first-order valence-corrected chi connectivity index (χ1v) is 6.78. The van der Waals surface area contributed by atoms with Crippen molar-refractivity contribution in [3.63, 3.8) is 0 Å². The van der Waals surface area contributed by atoms with E-state index in [2.05, 4.69) is 49.8 Å². The van der Waals surface area contributed by atoms with E-state index in [1.807, 2.05) is 13.1 Å². The molecule has 84 valence electrons. The molecule has 1 aromatic heterocycles. The van der Waals surface area contributed by atoms with Crippen molar-refractivity contribution >= 4 is 27.3 Å². The molecule has 4 heteroatoms. The fourth-order valence-electron chi connectivity index (χ4n) is 1.50. The summed E-state index contributed by atoms with van der Waals surface area (Å²) in [4.78, 5) is 4.57. The van der Waals surface area contributed by atoms with Crippen LogP contribution in [-0.4, -0.2) is 12.0 Å². The Kier molecular flexibility index (Phi) is 4.09. The average Bonchev–Trinajstić information content (AvgIpc) is 2.70. The highest BCUT2D eigenvalue weighted by Crippen LogP contribution is 2.21. The van der Waals surface area contributed by atoms with Crippen molar-refractivity contribution in [2.45, 2.75) is 13.0 Å². The van der Waals surface area contributed by atoms with Crippen molar-refractivity contribution in [3.8, 4) is 0 Å². The van der Waals surface area contributed by atoms with Crippen LogP contribution in [-0.2, 0) is 13.0 Å². The molecular weight excluding hydrogens is 284 g/mol. The van der Waals surface area contributed by atoms with Crippen LogP contribution in [0, 0.1) is 0 Å². The van der Waals surface area contributed by atoms with E-state index in [1.54, 1.807) is 11.3 Å². The number of hydrogen-bond acceptors (Lipinski definition) is 3. The van der Waals surface area contributed by atoms with Crippen LogP contribution in [0.25, 0.3) is 0 Å². The van der Waals surface area contributed by atoms with Gasteiger partial charge in [0.25, 0.3) is 0 Å². The molecule has 0 amide bonds. The molecule has 0 aliphatic heterocycles. The lowest BCUT2D eigenvalue weighted by molar-refractivity contribution is 0.793. The number of thiazole rings is 1. The summed E-state index contributed by atoms with van der Waals surface area (Å²) in [7, 11) is 1.94. The molecule has 0 saturated heterocycles. The molecule has 0 spiro atoms. The summed E-state index contributed by atoms with van der Waals surface area (Å²) in [6.07, 6.45) is 0.899. The number of rotatable bonds is 4. The maximum Gasteiger partial charge on any atom is 0.0973 e. The highest BCUT2D eigenvalue weighted by Gasteiger charge is 2.04. The molecule has 0 saturated carbocycles. The quantitative estimate of drug-likeness (QED) is 0.937. The molecule has 0 aliphatic rings. The summed E-state index contributed by atoms with van der Waals surface area (Å²) in [5.41, 5.74) is 2.41. The molecule has 1 N–H and O–H groups in total. The van der Waals surface area contributed by atoms with Gasteiger partial charge in [-0.15, -0.1) is 11.3 Å². The second kappa shape index (κ2) is 5.57. The zero-order valence-electron chi connectivity index (χ0n) is 9.03. The number of benzene rings is 1. The van der Waals surface area contributed by atoms with E-state index in [0.29, 0.717) is 0 Å². The molecule has 0 fully saturated rings. The zero-order chi connectivity index (χ0) is 11.4. The minimum atomic E-state index is 0.840. The summed E-state index contributed by atoms with van der Waals surface area (Å²) in [6.45, 7) is 0.840. The second-order valence-electron chi connectivity index (χ2n) is 3.53. The lowest BCUT2D eigenvalue weighted by Gasteiger charge is -2.00. The first kappa shape index (κ1) is 11.8. The van der Waals surface area contributed by atoms with Gasteiger partial charge in [-0.3, -0.25) is 0 Å². The Hall–Kier alpha value is -0.710. The fraction of sp³-hybridized carbons (Fsp3) is 0.250. The van der Waals surface area contributed by atoms with Crippen molar-refractivity contribution < 1.29 is 0 Å². The number of halogens is 1. The fourth-order valence-corrected chi connectivity index (χ4v) is 2.74. The Morgan fingerprint density at radius 3 is 2.94 bits per heavy atom. The lowest BCUT2D eigenvalue weighted by atomic mass is 10.2. The Labute approximate surface area is 108 Å². The Morgan fingerprint density at radius 1 is 1.38 bits per heavy atom. The summed E-state index contributed by atoms with van der Waals surface area (Å²) in [5.74, 6) is 0. The zero-order valence-corrected chi connectivity index (χ0v) is 11.4. The van der Waals surface area contributed by atoms with Crippen molar-refractivity contribution in [1.29, 1.82) is 0 Å². The smallest absolute Gasteiger partial charge is 0.0973 e. The third-order valence-electron chi connectivity index (χ3n) is 2.26. The summed E-state index contributed by atoms with van der Waals surface area (Å²) < 4.78 is 1.15. The standard InChI is InChI=1S/C12H13BrN2S/c1-14-7-10-8-16-12(15-10)6-9-4-2-3-5-11(9)13/h2-5,8,14H,6-7H2,1H3. The van der Waals surface area contributed by atoms with Crippen LogP contribution >= 0.6 is 27.3 Å². The predicted octanol–water partition coefficient (Wildman–Crippen LogP) is 3.22. The molecule has 0 unspecified atom stereocenters. The van der Waals surface area contributed by atoms with E-state index in [4.69, 9.17) is 0 Å². The molecule has 1 aromatic carbocycles. The van der Waals surface area contributed by atoms with E-state index < -0.39 is 0 Å². The van der Waals surface area contributed by atoms with Crippen LogP contribution in [0.3, 0.4) is 0 Å². The van der Waals surface area contributed by atoms with Gasteiger partial charge in [-0.05, 0) is 18.7 Å². The van der Waals surface area contributed by atoms with Crippen LogP contribution in [0.5, 0.6) is 0 Å². The highest BCUT2D eigenvalue weighted by atomic mass is 79.9. The molecule has 16 heavy (non-hydrogen) atoms. The molecule has 2 rings (SSSR count). The van der Waals surface area contributed by atoms with Crippen LogP contribution in [0.4, 0.5) is 0 Å². The maximum atomic E-state index is 4.57. The van der Waals surface area contributed by atoms with Crippen molar-refractivity contribution in [2.24, 2.45) is 0 Å². The van der Waals surface area contributed by atoms with E-state index >= 15 is 0 Å². The molecule has 0 bridgehead atoms. The van der Waals surface area contributed by atoms with Gasteiger partial charge >= 0.3 is 0 Å². The summed E-state index contributed by atoms with van der Waals surface area (Å²) >= 11 is 5.28. The first-order valence-electron chi connectivity index (χ1n) is 5.11. The SMILES string of the molecule is CNCc1csc(Cc2ccccc2Br)n1. The van der Waals surface area contributed by atoms with Crippen molar-refractivity contribution in [3.05, 3.63) is 50.4 Å². The van der Waals surface area contributed by atoms with Crippen molar-refractivity contribution in [2.75, 3.05) is 7.05 Å². The Bertz CT molecular complexity index is 468.